The zero-order valence-corrected chi connectivity index (χ0v) is 11.1. The molecular weight excluding hydrogens is 246 g/mol. The summed E-state index contributed by atoms with van der Waals surface area (Å²) in [7, 11) is 1.79. The second-order valence-corrected chi connectivity index (χ2v) is 4.93. The molecule has 1 fully saturated rings. The molecular formula is C12H17N5O2. The molecule has 1 aliphatic heterocycles. The lowest BCUT2D eigenvalue weighted by atomic mass is 10.3. The first kappa shape index (κ1) is 12.3. The number of rotatable bonds is 2. The molecule has 1 N–H and O–H groups in total. The van der Waals surface area contributed by atoms with E-state index < -0.39 is 0 Å². The molecule has 0 spiro atoms. The van der Waals surface area contributed by atoms with E-state index in [4.69, 9.17) is 4.74 Å². The van der Waals surface area contributed by atoms with E-state index in [1.54, 1.807) is 17.9 Å². The topological polar surface area (TPSA) is 76.0 Å². The van der Waals surface area contributed by atoms with E-state index in [0.29, 0.717) is 23.4 Å². The summed E-state index contributed by atoms with van der Waals surface area (Å²) in [6.07, 6.45) is 1.77. The van der Waals surface area contributed by atoms with Crippen molar-refractivity contribution in [2.45, 2.75) is 19.6 Å². The van der Waals surface area contributed by atoms with Gasteiger partial charge < -0.3 is 9.72 Å². The quantitative estimate of drug-likeness (QED) is 0.817. The van der Waals surface area contributed by atoms with Crippen molar-refractivity contribution in [3.63, 3.8) is 0 Å². The summed E-state index contributed by atoms with van der Waals surface area (Å²) in [4.78, 5) is 21.5. The molecule has 1 atom stereocenters. The van der Waals surface area contributed by atoms with Gasteiger partial charge in [-0.25, -0.2) is 4.98 Å². The maximum absolute atomic E-state index is 11.9. The Bertz CT molecular complexity index is 647. The van der Waals surface area contributed by atoms with E-state index >= 15 is 0 Å². The van der Waals surface area contributed by atoms with Gasteiger partial charge in [0, 0.05) is 20.1 Å². The van der Waals surface area contributed by atoms with E-state index in [1.165, 1.54) is 0 Å². The summed E-state index contributed by atoms with van der Waals surface area (Å²) in [5.41, 5.74) is 0.495. The fraction of sp³-hybridized carbons (Fsp3) is 0.583. The molecule has 0 amide bonds. The van der Waals surface area contributed by atoms with Crippen LogP contribution in [0.25, 0.3) is 11.0 Å². The summed E-state index contributed by atoms with van der Waals surface area (Å²) in [6, 6.07) is 0. The summed E-state index contributed by atoms with van der Waals surface area (Å²) in [5, 5.41) is 4.59. The number of aromatic amines is 1. The van der Waals surface area contributed by atoms with Gasteiger partial charge >= 0.3 is 0 Å². The van der Waals surface area contributed by atoms with Crippen LogP contribution in [0.2, 0.25) is 0 Å². The normalized spacial score (nSPS) is 21.1. The number of H-pyrrole nitrogens is 1. The second kappa shape index (κ2) is 4.75. The first-order valence-electron chi connectivity index (χ1n) is 6.38. The third kappa shape index (κ3) is 2.39. The predicted octanol–water partition coefficient (Wildman–Crippen LogP) is -0.123. The number of ether oxygens (including phenoxy) is 1. The van der Waals surface area contributed by atoms with Crippen LogP contribution in [0.15, 0.2) is 11.0 Å². The standard InChI is InChI=1S/C12H17N5O2/c1-8-6-17(3-4-19-8)7-10-14-11-9(12(18)15-10)5-13-16(11)2/h5,8H,3-4,6-7H2,1-2H3,(H,14,15,18). The van der Waals surface area contributed by atoms with Gasteiger partial charge in [-0.15, -0.1) is 0 Å². The number of aromatic nitrogens is 4. The van der Waals surface area contributed by atoms with Crippen LogP contribution in [0.4, 0.5) is 0 Å². The second-order valence-electron chi connectivity index (χ2n) is 4.93. The average molecular weight is 263 g/mol. The number of fused-ring (bicyclic) bond motifs is 1. The van der Waals surface area contributed by atoms with Crippen molar-refractivity contribution < 1.29 is 4.74 Å². The number of hydrogen-bond donors (Lipinski definition) is 1. The Balaban J connectivity index is 1.88. The van der Waals surface area contributed by atoms with Gasteiger partial charge in [0.15, 0.2) is 5.65 Å². The van der Waals surface area contributed by atoms with Gasteiger partial charge in [0.2, 0.25) is 0 Å². The molecule has 1 saturated heterocycles. The summed E-state index contributed by atoms with van der Waals surface area (Å²) < 4.78 is 7.12. The number of aryl methyl sites for hydroxylation is 1. The smallest absolute Gasteiger partial charge is 0.262 e. The Morgan fingerprint density at radius 3 is 3.21 bits per heavy atom. The van der Waals surface area contributed by atoms with Gasteiger partial charge in [0.1, 0.15) is 11.2 Å². The van der Waals surface area contributed by atoms with E-state index in [9.17, 15) is 4.79 Å². The molecule has 7 nitrogen and oxygen atoms in total. The predicted molar refractivity (Wildman–Crippen MR) is 69.8 cm³/mol. The molecule has 1 unspecified atom stereocenters. The lowest BCUT2D eigenvalue weighted by Gasteiger charge is -2.30. The zero-order valence-electron chi connectivity index (χ0n) is 11.1. The lowest BCUT2D eigenvalue weighted by Crippen LogP contribution is -2.41. The van der Waals surface area contributed by atoms with Crippen molar-refractivity contribution >= 4 is 11.0 Å². The highest BCUT2D eigenvalue weighted by Crippen LogP contribution is 2.09. The number of nitrogens with zero attached hydrogens (tertiary/aromatic N) is 4. The molecule has 0 aromatic carbocycles. The van der Waals surface area contributed by atoms with Gasteiger partial charge in [0.05, 0.1) is 25.5 Å². The van der Waals surface area contributed by atoms with Crippen molar-refractivity contribution in [1.29, 1.82) is 0 Å². The Hall–Kier alpha value is -1.73. The third-order valence-electron chi connectivity index (χ3n) is 3.35. The Kier molecular flexibility index (Phi) is 3.08. The van der Waals surface area contributed by atoms with Crippen molar-refractivity contribution in [3.8, 4) is 0 Å². The Labute approximate surface area is 110 Å². The molecule has 3 rings (SSSR count). The molecule has 0 aliphatic carbocycles. The molecule has 3 heterocycles. The SMILES string of the molecule is CC1CN(Cc2nc3c(cnn3C)c(=O)[nH]2)CCO1. The maximum Gasteiger partial charge on any atom is 0.262 e. The van der Waals surface area contributed by atoms with E-state index in [0.717, 1.165) is 19.7 Å². The first-order valence-corrected chi connectivity index (χ1v) is 6.38. The van der Waals surface area contributed by atoms with Crippen LogP contribution in [0.5, 0.6) is 0 Å². The maximum atomic E-state index is 11.9. The summed E-state index contributed by atoms with van der Waals surface area (Å²) in [5.74, 6) is 0.676. The molecule has 0 saturated carbocycles. The average Bonchev–Trinajstić information content (AvgIpc) is 2.72. The lowest BCUT2D eigenvalue weighted by molar-refractivity contribution is -0.0219. The van der Waals surface area contributed by atoms with Gasteiger partial charge in [-0.3, -0.25) is 14.4 Å². The number of morpholine rings is 1. The van der Waals surface area contributed by atoms with E-state index in [2.05, 4.69) is 20.0 Å². The molecule has 1 aliphatic rings. The monoisotopic (exact) mass is 263 g/mol. The fourth-order valence-electron chi connectivity index (χ4n) is 2.40. The minimum Gasteiger partial charge on any atom is -0.376 e. The van der Waals surface area contributed by atoms with E-state index in [-0.39, 0.29) is 11.7 Å². The molecule has 7 heteroatoms. The Morgan fingerprint density at radius 2 is 2.42 bits per heavy atom. The van der Waals surface area contributed by atoms with Crippen molar-refractivity contribution in [2.24, 2.45) is 7.05 Å². The zero-order chi connectivity index (χ0) is 13.4. The molecule has 102 valence electrons. The van der Waals surface area contributed by atoms with Crippen molar-refractivity contribution in [2.75, 3.05) is 19.7 Å². The minimum atomic E-state index is -0.130. The fourth-order valence-corrected chi connectivity index (χ4v) is 2.40. The van der Waals surface area contributed by atoms with Crippen molar-refractivity contribution in [1.82, 2.24) is 24.6 Å². The highest BCUT2D eigenvalue weighted by molar-refractivity contribution is 5.72. The van der Waals surface area contributed by atoms with Gasteiger partial charge in [-0.1, -0.05) is 0 Å². The van der Waals surface area contributed by atoms with Gasteiger partial charge in [-0.05, 0) is 6.92 Å². The Morgan fingerprint density at radius 1 is 1.58 bits per heavy atom. The molecule has 0 radical (unpaired) electrons. The van der Waals surface area contributed by atoms with Crippen LogP contribution >= 0.6 is 0 Å². The van der Waals surface area contributed by atoms with E-state index in [1.807, 2.05) is 6.92 Å². The van der Waals surface area contributed by atoms with Crippen LogP contribution in [-0.2, 0) is 18.3 Å². The van der Waals surface area contributed by atoms with Gasteiger partial charge in [0.25, 0.3) is 5.56 Å². The summed E-state index contributed by atoms with van der Waals surface area (Å²) >= 11 is 0. The van der Waals surface area contributed by atoms with Crippen LogP contribution in [0.1, 0.15) is 12.7 Å². The largest absolute Gasteiger partial charge is 0.376 e. The number of hydrogen-bond acceptors (Lipinski definition) is 5. The highest BCUT2D eigenvalue weighted by atomic mass is 16.5. The molecule has 19 heavy (non-hydrogen) atoms. The van der Waals surface area contributed by atoms with Crippen molar-refractivity contribution in [3.05, 3.63) is 22.4 Å². The van der Waals surface area contributed by atoms with Crippen LogP contribution in [0.3, 0.4) is 0 Å². The number of nitrogens with one attached hydrogen (secondary N) is 1. The molecule has 0 bridgehead atoms. The minimum absolute atomic E-state index is 0.130. The highest BCUT2D eigenvalue weighted by Gasteiger charge is 2.18. The third-order valence-corrected chi connectivity index (χ3v) is 3.35. The van der Waals surface area contributed by atoms with Crippen LogP contribution < -0.4 is 5.56 Å². The summed E-state index contributed by atoms with van der Waals surface area (Å²) in [6.45, 7) is 5.11. The first-order chi connectivity index (χ1) is 9.13. The van der Waals surface area contributed by atoms with Crippen LogP contribution in [0, 0.1) is 0 Å². The molecule has 2 aromatic heterocycles. The van der Waals surface area contributed by atoms with Crippen LogP contribution in [-0.4, -0.2) is 50.4 Å². The van der Waals surface area contributed by atoms with Gasteiger partial charge in [-0.2, -0.15) is 5.10 Å². The molecule has 2 aromatic rings.